The summed E-state index contributed by atoms with van der Waals surface area (Å²) in [6, 6.07) is 0.785. The fourth-order valence-electron chi connectivity index (χ4n) is 3.97. The van der Waals surface area contributed by atoms with Crippen LogP contribution in [0.15, 0.2) is 23.8 Å². The van der Waals surface area contributed by atoms with Gasteiger partial charge in [0.05, 0.1) is 0 Å². The van der Waals surface area contributed by atoms with Crippen LogP contribution in [0.25, 0.3) is 0 Å². The van der Waals surface area contributed by atoms with Gasteiger partial charge in [-0.05, 0) is 38.8 Å². The van der Waals surface area contributed by atoms with Crippen molar-refractivity contribution in [3.8, 4) is 0 Å². The number of hydrogen-bond donors (Lipinski definition) is 0. The molecule has 2 fully saturated rings. The molecule has 0 aromatic heterocycles. The number of nitrogens with zero attached hydrogens (tertiary/aromatic N) is 1. The van der Waals surface area contributed by atoms with Crippen LogP contribution in [0.5, 0.6) is 0 Å². The summed E-state index contributed by atoms with van der Waals surface area (Å²) < 4.78 is 0. The maximum Gasteiger partial charge on any atom is 0.0224 e. The molecule has 0 aromatic carbocycles. The first-order valence-corrected chi connectivity index (χ1v) is 5.84. The van der Waals surface area contributed by atoms with E-state index < -0.39 is 0 Å². The summed E-state index contributed by atoms with van der Waals surface area (Å²) >= 11 is 0. The molecule has 0 spiro atoms. The summed E-state index contributed by atoms with van der Waals surface area (Å²) in [5.74, 6) is 2.62. The van der Waals surface area contributed by atoms with Gasteiger partial charge in [0.1, 0.15) is 0 Å². The van der Waals surface area contributed by atoms with Crippen molar-refractivity contribution in [2.45, 2.75) is 25.3 Å². The first-order chi connectivity index (χ1) is 6.79. The zero-order valence-electron chi connectivity index (χ0n) is 9.11. The zero-order chi connectivity index (χ0) is 9.71. The van der Waals surface area contributed by atoms with E-state index >= 15 is 0 Å². The predicted octanol–water partition coefficient (Wildman–Crippen LogP) is 2.46. The van der Waals surface area contributed by atoms with Crippen LogP contribution in [0.3, 0.4) is 0 Å². The highest BCUT2D eigenvalue weighted by Crippen LogP contribution is 2.53. The van der Waals surface area contributed by atoms with Crippen LogP contribution in [0.2, 0.25) is 0 Å². The Labute approximate surface area is 86.5 Å². The van der Waals surface area contributed by atoms with E-state index in [4.69, 9.17) is 0 Å². The Balaban J connectivity index is 1.97. The Kier molecular flexibility index (Phi) is 1.85. The minimum absolute atomic E-state index is 0.750. The average molecular weight is 189 g/mol. The Morgan fingerprint density at radius 3 is 2.93 bits per heavy atom. The third-order valence-electron chi connectivity index (χ3n) is 4.39. The van der Waals surface area contributed by atoms with Gasteiger partial charge < -0.3 is 4.90 Å². The van der Waals surface area contributed by atoms with E-state index in [0.717, 1.165) is 23.8 Å². The lowest BCUT2D eigenvalue weighted by Crippen LogP contribution is -2.35. The Hall–Kier alpha value is -0.560. The molecule has 14 heavy (non-hydrogen) atoms. The number of rotatable bonds is 1. The molecule has 3 aliphatic carbocycles. The average Bonchev–Trinajstić information content (AvgIpc) is 2.70. The van der Waals surface area contributed by atoms with E-state index in [1.807, 2.05) is 0 Å². The molecule has 0 unspecified atom stereocenters. The fourth-order valence-corrected chi connectivity index (χ4v) is 3.97. The van der Waals surface area contributed by atoms with E-state index in [1.54, 1.807) is 5.57 Å². The van der Waals surface area contributed by atoms with E-state index in [0.29, 0.717) is 0 Å². The normalized spacial score (nSPS) is 44.4. The maximum atomic E-state index is 2.45. The van der Waals surface area contributed by atoms with Crippen LogP contribution in [0.4, 0.5) is 0 Å². The third kappa shape index (κ3) is 0.993. The summed E-state index contributed by atoms with van der Waals surface area (Å²) in [4.78, 5) is 2.45. The van der Waals surface area contributed by atoms with Gasteiger partial charge in [-0.2, -0.15) is 0 Å². The van der Waals surface area contributed by atoms with Gasteiger partial charge in [0.25, 0.3) is 0 Å². The standard InChI is InChI=1S/C13H19N/c1-14(2)13-11-7-3-5-9(11)10-6-4-8-12(10)13/h3,5,7,10-13H,4,6,8H2,1-2H3/t10-,11+,12+,13+/m0/s1. The van der Waals surface area contributed by atoms with Crippen molar-refractivity contribution in [2.24, 2.45) is 17.8 Å². The van der Waals surface area contributed by atoms with Gasteiger partial charge in [0, 0.05) is 12.0 Å². The molecule has 3 aliphatic rings. The van der Waals surface area contributed by atoms with Crippen molar-refractivity contribution in [3.05, 3.63) is 23.8 Å². The topological polar surface area (TPSA) is 3.24 Å². The lowest BCUT2D eigenvalue weighted by Gasteiger charge is -2.28. The van der Waals surface area contributed by atoms with E-state index in [-0.39, 0.29) is 0 Å². The van der Waals surface area contributed by atoms with Crippen molar-refractivity contribution in [2.75, 3.05) is 14.1 Å². The summed E-state index contributed by atoms with van der Waals surface area (Å²) in [6.45, 7) is 0. The highest BCUT2D eigenvalue weighted by Gasteiger charge is 2.49. The van der Waals surface area contributed by atoms with Gasteiger partial charge in [-0.3, -0.25) is 0 Å². The van der Waals surface area contributed by atoms with E-state index in [2.05, 4.69) is 37.2 Å². The van der Waals surface area contributed by atoms with E-state index in [9.17, 15) is 0 Å². The van der Waals surface area contributed by atoms with Crippen molar-refractivity contribution in [1.82, 2.24) is 4.90 Å². The second-order valence-corrected chi connectivity index (χ2v) is 5.23. The number of hydrogen-bond acceptors (Lipinski definition) is 1. The molecule has 0 heterocycles. The molecule has 0 radical (unpaired) electrons. The predicted molar refractivity (Wildman–Crippen MR) is 59.0 cm³/mol. The SMILES string of the molecule is CN(C)[C@H]1[C@@H]2CCC[C@H]2C2=CC=C[C@H]21. The summed E-state index contributed by atoms with van der Waals surface area (Å²) in [7, 11) is 4.49. The molecule has 76 valence electrons. The molecule has 0 N–H and O–H groups in total. The minimum atomic E-state index is 0.750. The first-order valence-electron chi connectivity index (χ1n) is 5.84. The van der Waals surface area contributed by atoms with Crippen LogP contribution in [0.1, 0.15) is 19.3 Å². The van der Waals surface area contributed by atoms with E-state index in [1.165, 1.54) is 19.3 Å². The van der Waals surface area contributed by atoms with Gasteiger partial charge in [-0.1, -0.05) is 30.2 Å². The third-order valence-corrected chi connectivity index (χ3v) is 4.39. The van der Waals surface area contributed by atoms with Gasteiger partial charge in [0.2, 0.25) is 0 Å². The van der Waals surface area contributed by atoms with Crippen LogP contribution in [-0.2, 0) is 0 Å². The smallest absolute Gasteiger partial charge is 0.0224 e. The van der Waals surface area contributed by atoms with Gasteiger partial charge in [0.15, 0.2) is 0 Å². The van der Waals surface area contributed by atoms with Crippen LogP contribution in [0, 0.1) is 17.8 Å². The van der Waals surface area contributed by atoms with Crippen LogP contribution < -0.4 is 0 Å². The molecule has 2 saturated carbocycles. The summed E-state index contributed by atoms with van der Waals surface area (Å²) in [5, 5.41) is 0. The fraction of sp³-hybridized carbons (Fsp3) is 0.692. The quantitative estimate of drug-likeness (QED) is 0.612. The summed E-state index contributed by atoms with van der Waals surface area (Å²) in [5.41, 5.74) is 1.74. The van der Waals surface area contributed by atoms with Crippen LogP contribution in [-0.4, -0.2) is 25.0 Å². The maximum absolute atomic E-state index is 2.45. The molecule has 0 aliphatic heterocycles. The number of fused-ring (bicyclic) bond motifs is 3. The molecule has 0 amide bonds. The molecular weight excluding hydrogens is 170 g/mol. The molecule has 1 nitrogen and oxygen atoms in total. The largest absolute Gasteiger partial charge is 0.305 e. The number of allylic oxidation sites excluding steroid dienone is 2. The molecular formula is C13H19N. The second-order valence-electron chi connectivity index (χ2n) is 5.23. The summed E-state index contributed by atoms with van der Waals surface area (Å²) in [6.07, 6.45) is 11.4. The Morgan fingerprint density at radius 1 is 1.29 bits per heavy atom. The zero-order valence-corrected chi connectivity index (χ0v) is 9.11. The molecule has 0 bridgehead atoms. The molecule has 0 aromatic rings. The Bertz CT molecular complexity index is 300. The van der Waals surface area contributed by atoms with Crippen molar-refractivity contribution < 1.29 is 0 Å². The molecule has 3 rings (SSSR count). The van der Waals surface area contributed by atoms with Crippen molar-refractivity contribution in [1.29, 1.82) is 0 Å². The first kappa shape index (κ1) is 8.72. The van der Waals surface area contributed by atoms with Crippen molar-refractivity contribution in [3.63, 3.8) is 0 Å². The Morgan fingerprint density at radius 2 is 2.14 bits per heavy atom. The van der Waals surface area contributed by atoms with Crippen LogP contribution >= 0.6 is 0 Å². The van der Waals surface area contributed by atoms with Gasteiger partial charge in [-0.25, -0.2) is 0 Å². The molecule has 1 heteroatoms. The molecule has 4 atom stereocenters. The van der Waals surface area contributed by atoms with Gasteiger partial charge >= 0.3 is 0 Å². The lowest BCUT2D eigenvalue weighted by molar-refractivity contribution is 0.204. The second kappa shape index (κ2) is 2.96. The lowest BCUT2D eigenvalue weighted by atomic mass is 9.94. The van der Waals surface area contributed by atoms with Gasteiger partial charge in [-0.15, -0.1) is 0 Å². The minimum Gasteiger partial charge on any atom is -0.305 e. The highest BCUT2D eigenvalue weighted by atomic mass is 15.1. The monoisotopic (exact) mass is 189 g/mol. The highest BCUT2D eigenvalue weighted by molar-refractivity contribution is 5.37. The van der Waals surface area contributed by atoms with Crippen molar-refractivity contribution >= 4 is 0 Å². The molecule has 0 saturated heterocycles.